The fraction of sp³-hybridized carbons (Fsp3) is 0.944. The van der Waals surface area contributed by atoms with Gasteiger partial charge in [-0.05, 0) is 103 Å². The number of nitrogens with zero attached hydrogens (tertiary/aromatic N) is 1. The summed E-state index contributed by atoms with van der Waals surface area (Å²) in [5.41, 5.74) is 0. The third-order valence-corrected chi connectivity index (χ3v) is 12.8. The van der Waals surface area contributed by atoms with Crippen LogP contribution < -0.4 is 0 Å². The Morgan fingerprint density at radius 3 is 0.967 bits per heavy atom. The highest BCUT2D eigenvalue weighted by molar-refractivity contribution is 5.75. The minimum atomic E-state index is 0.00361. The van der Waals surface area contributed by atoms with Crippen molar-refractivity contribution in [3.63, 3.8) is 0 Å². The lowest BCUT2D eigenvalue weighted by atomic mass is 9.95. The van der Waals surface area contributed by atoms with E-state index >= 15 is 0 Å². The van der Waals surface area contributed by atoms with Gasteiger partial charge in [0.2, 0.25) is 0 Å². The third kappa shape index (κ3) is 43.2. The van der Waals surface area contributed by atoms with Crippen molar-refractivity contribution in [3.8, 4) is 0 Å². The number of esters is 2. The normalized spacial score (nSPS) is 12.6. The van der Waals surface area contributed by atoms with Crippen LogP contribution in [0.3, 0.4) is 0 Å². The average Bonchev–Trinajstić information content (AvgIpc) is 3.24. The molecular formula is C54H105NO5. The SMILES string of the molecule is CCCCCCCCC(CCCCCC)COC(=O)CCCCCCCN(CCCCCCCC(=O)OCC(CCCCCC)CCCCCCCC)CCCCC(C)=O. The van der Waals surface area contributed by atoms with Gasteiger partial charge in [-0.1, -0.05) is 195 Å². The molecule has 6 heteroatoms. The molecule has 0 aromatic heterocycles. The van der Waals surface area contributed by atoms with E-state index in [1.54, 1.807) is 6.92 Å². The molecule has 356 valence electrons. The van der Waals surface area contributed by atoms with Gasteiger partial charge in [0.15, 0.2) is 0 Å². The molecule has 0 rings (SSSR count). The Morgan fingerprint density at radius 1 is 0.350 bits per heavy atom. The smallest absolute Gasteiger partial charge is 0.305 e. The minimum Gasteiger partial charge on any atom is -0.465 e. The van der Waals surface area contributed by atoms with Crippen LogP contribution in [0, 0.1) is 11.8 Å². The van der Waals surface area contributed by atoms with Crippen molar-refractivity contribution >= 4 is 17.7 Å². The molecule has 0 aromatic rings. The topological polar surface area (TPSA) is 72.9 Å². The quantitative estimate of drug-likeness (QED) is 0.0448. The Bertz CT molecular complexity index is 862. The Balaban J connectivity index is 4.35. The average molecular weight is 848 g/mol. The summed E-state index contributed by atoms with van der Waals surface area (Å²) in [4.78, 5) is 39.3. The van der Waals surface area contributed by atoms with Gasteiger partial charge in [-0.3, -0.25) is 9.59 Å². The number of carbonyl (C=O) groups is 3. The van der Waals surface area contributed by atoms with Crippen LogP contribution in [0.2, 0.25) is 0 Å². The van der Waals surface area contributed by atoms with E-state index in [1.165, 1.54) is 193 Å². The van der Waals surface area contributed by atoms with Crippen LogP contribution in [0.1, 0.15) is 285 Å². The first kappa shape index (κ1) is 58.6. The lowest BCUT2D eigenvalue weighted by molar-refractivity contribution is -0.146. The molecular weight excluding hydrogens is 743 g/mol. The molecule has 2 unspecified atom stereocenters. The molecule has 2 atom stereocenters. The van der Waals surface area contributed by atoms with Gasteiger partial charge in [-0.2, -0.15) is 0 Å². The molecule has 6 nitrogen and oxygen atoms in total. The van der Waals surface area contributed by atoms with Gasteiger partial charge in [-0.25, -0.2) is 0 Å². The first-order valence-corrected chi connectivity index (χ1v) is 26.9. The van der Waals surface area contributed by atoms with Gasteiger partial charge in [-0.15, -0.1) is 0 Å². The summed E-state index contributed by atoms with van der Waals surface area (Å²) < 4.78 is 11.6. The van der Waals surface area contributed by atoms with Gasteiger partial charge in [0, 0.05) is 19.3 Å². The second kappa shape index (κ2) is 47.1. The number of carbonyl (C=O) groups excluding carboxylic acids is 3. The summed E-state index contributed by atoms with van der Waals surface area (Å²) in [5.74, 6) is 1.36. The first-order chi connectivity index (χ1) is 29.4. The van der Waals surface area contributed by atoms with Crippen molar-refractivity contribution in [2.45, 2.75) is 285 Å². The Kier molecular flexibility index (Phi) is 45.9. The summed E-state index contributed by atoms with van der Waals surface area (Å²) in [6, 6.07) is 0. The highest BCUT2D eigenvalue weighted by Gasteiger charge is 2.14. The maximum atomic E-state index is 12.6. The van der Waals surface area contributed by atoms with E-state index in [0.29, 0.717) is 50.1 Å². The molecule has 60 heavy (non-hydrogen) atoms. The van der Waals surface area contributed by atoms with Gasteiger partial charge >= 0.3 is 11.9 Å². The van der Waals surface area contributed by atoms with E-state index in [1.807, 2.05) is 0 Å². The lowest BCUT2D eigenvalue weighted by Crippen LogP contribution is -2.27. The third-order valence-electron chi connectivity index (χ3n) is 12.8. The molecule has 0 heterocycles. The largest absolute Gasteiger partial charge is 0.465 e. The van der Waals surface area contributed by atoms with Crippen LogP contribution in [0.15, 0.2) is 0 Å². The van der Waals surface area contributed by atoms with E-state index < -0.39 is 0 Å². The predicted octanol–water partition coefficient (Wildman–Crippen LogP) is 16.5. The molecule has 0 bridgehead atoms. The fourth-order valence-electron chi connectivity index (χ4n) is 8.65. The number of ether oxygens (including phenoxy) is 2. The standard InChI is InChI=1S/C54H105NO5/c1-6-10-14-18-22-30-41-51(39-28-16-12-8-3)48-59-53(57)43-32-24-20-26-35-45-55(47-37-34-38-50(5)56)46-36-27-21-25-33-44-54(58)60-49-52(40-29-17-13-9-4)42-31-23-19-15-11-7-2/h51-52H,6-49H2,1-5H3. The van der Waals surface area contributed by atoms with Gasteiger partial charge in [0.1, 0.15) is 5.78 Å². The number of hydrogen-bond donors (Lipinski definition) is 0. The van der Waals surface area contributed by atoms with Gasteiger partial charge in [0.05, 0.1) is 13.2 Å². The van der Waals surface area contributed by atoms with Crippen LogP contribution in [0.4, 0.5) is 0 Å². The van der Waals surface area contributed by atoms with E-state index in [0.717, 1.165) is 58.2 Å². The molecule has 0 amide bonds. The zero-order valence-electron chi connectivity index (χ0n) is 41.3. The molecule has 0 spiro atoms. The van der Waals surface area contributed by atoms with E-state index in [2.05, 4.69) is 32.6 Å². The van der Waals surface area contributed by atoms with Crippen LogP contribution in [-0.4, -0.2) is 55.5 Å². The van der Waals surface area contributed by atoms with Crippen molar-refractivity contribution in [3.05, 3.63) is 0 Å². The highest BCUT2D eigenvalue weighted by atomic mass is 16.5. The summed E-state index contributed by atoms with van der Waals surface area (Å²) in [6.07, 6.45) is 46.0. The Labute approximate surface area is 375 Å². The Hall–Kier alpha value is -1.43. The molecule has 0 N–H and O–H groups in total. The van der Waals surface area contributed by atoms with Crippen molar-refractivity contribution < 1.29 is 23.9 Å². The van der Waals surface area contributed by atoms with Crippen molar-refractivity contribution in [2.24, 2.45) is 11.8 Å². The zero-order valence-corrected chi connectivity index (χ0v) is 41.3. The summed E-state index contributed by atoms with van der Waals surface area (Å²) in [5, 5.41) is 0. The second-order valence-electron chi connectivity index (χ2n) is 18.9. The lowest BCUT2D eigenvalue weighted by Gasteiger charge is -2.22. The number of unbranched alkanes of at least 4 members (excludes halogenated alkanes) is 25. The number of ketones is 1. The number of Topliss-reactive ketones (excluding diaryl/α,β-unsaturated/α-hetero) is 1. The first-order valence-electron chi connectivity index (χ1n) is 26.9. The van der Waals surface area contributed by atoms with Crippen LogP contribution in [-0.2, 0) is 23.9 Å². The molecule has 0 aromatic carbocycles. The maximum Gasteiger partial charge on any atom is 0.305 e. The molecule has 0 aliphatic rings. The summed E-state index contributed by atoms with van der Waals surface area (Å²) >= 11 is 0. The molecule has 0 fully saturated rings. The molecule has 0 saturated carbocycles. The van der Waals surface area contributed by atoms with Crippen LogP contribution >= 0.6 is 0 Å². The van der Waals surface area contributed by atoms with E-state index in [9.17, 15) is 14.4 Å². The molecule has 0 aliphatic carbocycles. The van der Waals surface area contributed by atoms with Crippen molar-refractivity contribution in [2.75, 3.05) is 32.8 Å². The number of hydrogen-bond acceptors (Lipinski definition) is 6. The van der Waals surface area contributed by atoms with Crippen LogP contribution in [0.5, 0.6) is 0 Å². The molecule has 0 aliphatic heterocycles. The molecule has 0 saturated heterocycles. The van der Waals surface area contributed by atoms with Crippen molar-refractivity contribution in [1.29, 1.82) is 0 Å². The van der Waals surface area contributed by atoms with E-state index in [-0.39, 0.29) is 11.9 Å². The maximum absolute atomic E-state index is 12.6. The zero-order chi connectivity index (χ0) is 44.0. The van der Waals surface area contributed by atoms with Gasteiger partial charge in [0.25, 0.3) is 0 Å². The Morgan fingerprint density at radius 2 is 0.617 bits per heavy atom. The highest BCUT2D eigenvalue weighted by Crippen LogP contribution is 2.22. The fourth-order valence-corrected chi connectivity index (χ4v) is 8.65. The number of rotatable bonds is 49. The van der Waals surface area contributed by atoms with Gasteiger partial charge < -0.3 is 19.2 Å². The summed E-state index contributed by atoms with van der Waals surface area (Å²) in [6.45, 7) is 15.3. The summed E-state index contributed by atoms with van der Waals surface area (Å²) in [7, 11) is 0. The minimum absolute atomic E-state index is 0.00361. The second-order valence-corrected chi connectivity index (χ2v) is 18.9. The van der Waals surface area contributed by atoms with E-state index in [4.69, 9.17) is 9.47 Å². The molecule has 0 radical (unpaired) electrons. The predicted molar refractivity (Wildman–Crippen MR) is 259 cm³/mol. The monoisotopic (exact) mass is 848 g/mol. The van der Waals surface area contributed by atoms with Crippen molar-refractivity contribution in [1.82, 2.24) is 4.90 Å². The van der Waals surface area contributed by atoms with Crippen LogP contribution in [0.25, 0.3) is 0 Å².